The summed E-state index contributed by atoms with van der Waals surface area (Å²) in [6.07, 6.45) is 0. The van der Waals surface area contributed by atoms with Crippen molar-refractivity contribution >= 4 is 65.0 Å². The van der Waals surface area contributed by atoms with E-state index >= 15 is 0 Å². The van der Waals surface area contributed by atoms with Crippen LogP contribution in [-0.4, -0.2) is 14.5 Å². The first-order valence-corrected chi connectivity index (χ1v) is 16.0. The molecule has 0 bridgehead atoms. The van der Waals surface area contributed by atoms with E-state index in [1.807, 2.05) is 0 Å². The summed E-state index contributed by atoms with van der Waals surface area (Å²) in [6.45, 7) is 0. The van der Waals surface area contributed by atoms with E-state index in [4.69, 9.17) is 9.97 Å². The van der Waals surface area contributed by atoms with Gasteiger partial charge in [-0.05, 0) is 56.3 Å². The second-order valence-corrected chi connectivity index (χ2v) is 12.2. The first-order valence-electron chi connectivity index (χ1n) is 16.0. The third kappa shape index (κ3) is 3.93. The van der Waals surface area contributed by atoms with E-state index in [1.54, 1.807) is 0 Å². The Labute approximate surface area is 271 Å². The third-order valence-electron chi connectivity index (χ3n) is 9.54. The lowest BCUT2D eigenvalue weighted by Gasteiger charge is -2.14. The van der Waals surface area contributed by atoms with Crippen LogP contribution in [-0.2, 0) is 0 Å². The Morgan fingerprint density at radius 1 is 0.404 bits per heavy atom. The second-order valence-electron chi connectivity index (χ2n) is 12.2. The van der Waals surface area contributed by atoms with Crippen LogP contribution in [0.15, 0.2) is 164 Å². The minimum Gasteiger partial charge on any atom is -0.277 e. The zero-order valence-electron chi connectivity index (χ0n) is 25.4. The van der Waals surface area contributed by atoms with Gasteiger partial charge < -0.3 is 0 Å². The van der Waals surface area contributed by atoms with Gasteiger partial charge in [0, 0.05) is 27.1 Å². The molecular formula is C44H27N3. The largest absolute Gasteiger partial charge is 0.277 e. The Kier molecular flexibility index (Phi) is 5.57. The summed E-state index contributed by atoms with van der Waals surface area (Å²) < 4.78 is 2.31. The molecule has 0 aliphatic rings. The summed E-state index contributed by atoms with van der Waals surface area (Å²) in [6, 6.07) is 58.4. The van der Waals surface area contributed by atoms with Gasteiger partial charge in [0.15, 0.2) is 0 Å². The summed E-state index contributed by atoms with van der Waals surface area (Å²) in [4.78, 5) is 10.9. The van der Waals surface area contributed by atoms with Crippen molar-refractivity contribution in [3.8, 4) is 28.3 Å². The maximum atomic E-state index is 5.46. The Hall–Kier alpha value is -6.32. The van der Waals surface area contributed by atoms with Crippen molar-refractivity contribution in [2.45, 2.75) is 0 Å². The fraction of sp³-hybridized carbons (Fsp3) is 0. The molecule has 0 saturated carbocycles. The SMILES string of the molecule is c1ccc(-c2nc(-n3c4cc(-c5ccccc5)c5ccccc5c4c4ccc5ccccc5c43)nc3cc4ccccc4cc23)cc1. The summed E-state index contributed by atoms with van der Waals surface area (Å²) in [5.41, 5.74) is 7.50. The van der Waals surface area contributed by atoms with Gasteiger partial charge in [-0.3, -0.25) is 4.57 Å². The van der Waals surface area contributed by atoms with Crippen molar-refractivity contribution in [2.24, 2.45) is 0 Å². The summed E-state index contributed by atoms with van der Waals surface area (Å²) in [5, 5.41) is 10.6. The highest BCUT2D eigenvalue weighted by atomic mass is 15.2. The predicted octanol–water partition coefficient (Wildman–Crippen LogP) is 11.5. The Bertz CT molecular complexity index is 2830. The first-order chi connectivity index (χ1) is 23.3. The molecule has 3 nitrogen and oxygen atoms in total. The van der Waals surface area contributed by atoms with E-state index in [0.29, 0.717) is 5.95 Å². The number of hydrogen-bond donors (Lipinski definition) is 0. The Morgan fingerprint density at radius 2 is 1.02 bits per heavy atom. The van der Waals surface area contributed by atoms with E-state index in [1.165, 1.54) is 48.8 Å². The third-order valence-corrected chi connectivity index (χ3v) is 9.54. The van der Waals surface area contributed by atoms with Gasteiger partial charge in [0.25, 0.3) is 0 Å². The Balaban J connectivity index is 1.43. The lowest BCUT2D eigenvalue weighted by atomic mass is 9.94. The van der Waals surface area contributed by atoms with Gasteiger partial charge in [-0.1, -0.05) is 146 Å². The topological polar surface area (TPSA) is 30.7 Å². The number of hydrogen-bond acceptors (Lipinski definition) is 2. The average Bonchev–Trinajstić information content (AvgIpc) is 3.49. The van der Waals surface area contributed by atoms with Crippen LogP contribution >= 0.6 is 0 Å². The molecule has 0 N–H and O–H groups in total. The minimum atomic E-state index is 0.664. The maximum Gasteiger partial charge on any atom is 0.235 e. The summed E-state index contributed by atoms with van der Waals surface area (Å²) in [7, 11) is 0. The first kappa shape index (κ1) is 26.0. The summed E-state index contributed by atoms with van der Waals surface area (Å²) >= 11 is 0. The van der Waals surface area contributed by atoms with Gasteiger partial charge in [0.05, 0.1) is 22.2 Å². The van der Waals surface area contributed by atoms with Crippen LogP contribution in [0, 0.1) is 0 Å². The van der Waals surface area contributed by atoms with Gasteiger partial charge in [-0.2, -0.15) is 0 Å². The van der Waals surface area contributed by atoms with E-state index < -0.39 is 0 Å². The number of rotatable bonds is 3. The van der Waals surface area contributed by atoms with Crippen LogP contribution in [0.25, 0.3) is 93.4 Å². The molecule has 0 aliphatic heterocycles. The highest BCUT2D eigenvalue weighted by Gasteiger charge is 2.22. The van der Waals surface area contributed by atoms with Gasteiger partial charge in [0.2, 0.25) is 5.95 Å². The standard InChI is InChI=1S/C44H27N3/c1-3-13-28(14-4-1)37-27-40-41(35-22-12-11-21-34(35)37)36-24-23-29-15-9-10-20-33(29)43(36)47(40)44-45-39-26-32-19-8-7-18-31(32)25-38(39)42(46-44)30-16-5-2-6-17-30/h1-27H. The highest BCUT2D eigenvalue weighted by molar-refractivity contribution is 6.27. The lowest BCUT2D eigenvalue weighted by Crippen LogP contribution is -2.04. The van der Waals surface area contributed by atoms with Crippen LogP contribution in [0.3, 0.4) is 0 Å². The van der Waals surface area contributed by atoms with Gasteiger partial charge in [-0.25, -0.2) is 9.97 Å². The van der Waals surface area contributed by atoms with Crippen LogP contribution in [0.5, 0.6) is 0 Å². The molecule has 2 heterocycles. The number of fused-ring (bicyclic) bond motifs is 9. The van der Waals surface area contributed by atoms with E-state index in [0.717, 1.165) is 38.6 Å². The number of aromatic nitrogens is 3. The molecule has 10 aromatic rings. The fourth-order valence-electron chi connectivity index (χ4n) is 7.42. The quantitative estimate of drug-likeness (QED) is 0.190. The smallest absolute Gasteiger partial charge is 0.235 e. The second kappa shape index (κ2) is 10.1. The number of benzene rings is 8. The zero-order chi connectivity index (χ0) is 30.9. The molecule has 0 fully saturated rings. The molecule has 10 rings (SSSR count). The molecular weight excluding hydrogens is 571 g/mol. The molecule has 0 saturated heterocycles. The van der Waals surface area contributed by atoms with Crippen molar-refractivity contribution in [3.63, 3.8) is 0 Å². The van der Waals surface area contributed by atoms with Crippen molar-refractivity contribution < 1.29 is 0 Å². The van der Waals surface area contributed by atoms with E-state index in [2.05, 4.69) is 168 Å². The van der Waals surface area contributed by atoms with Gasteiger partial charge in [-0.15, -0.1) is 0 Å². The molecule has 0 atom stereocenters. The normalized spacial score (nSPS) is 11.8. The molecule has 8 aromatic carbocycles. The Morgan fingerprint density at radius 3 is 1.79 bits per heavy atom. The molecule has 0 amide bonds. The van der Waals surface area contributed by atoms with Crippen LogP contribution in [0.2, 0.25) is 0 Å². The molecule has 0 aliphatic carbocycles. The minimum absolute atomic E-state index is 0.664. The lowest BCUT2D eigenvalue weighted by molar-refractivity contribution is 1.02. The molecule has 3 heteroatoms. The predicted molar refractivity (Wildman–Crippen MR) is 197 cm³/mol. The molecule has 0 spiro atoms. The van der Waals surface area contributed by atoms with Crippen LogP contribution in [0.4, 0.5) is 0 Å². The molecule has 2 aromatic heterocycles. The highest BCUT2D eigenvalue weighted by Crippen LogP contribution is 2.43. The average molecular weight is 598 g/mol. The van der Waals surface area contributed by atoms with Crippen molar-refractivity contribution in [2.75, 3.05) is 0 Å². The van der Waals surface area contributed by atoms with Crippen molar-refractivity contribution in [1.82, 2.24) is 14.5 Å². The van der Waals surface area contributed by atoms with Crippen LogP contribution in [0.1, 0.15) is 0 Å². The summed E-state index contributed by atoms with van der Waals surface area (Å²) in [5.74, 6) is 0.664. The number of nitrogens with zero attached hydrogens (tertiary/aromatic N) is 3. The molecule has 0 unspecified atom stereocenters. The molecule has 218 valence electrons. The van der Waals surface area contributed by atoms with Crippen molar-refractivity contribution in [1.29, 1.82) is 0 Å². The van der Waals surface area contributed by atoms with Crippen molar-refractivity contribution in [3.05, 3.63) is 164 Å². The van der Waals surface area contributed by atoms with Gasteiger partial charge >= 0.3 is 0 Å². The zero-order valence-corrected chi connectivity index (χ0v) is 25.4. The van der Waals surface area contributed by atoms with Crippen LogP contribution < -0.4 is 0 Å². The molecule has 47 heavy (non-hydrogen) atoms. The van der Waals surface area contributed by atoms with E-state index in [9.17, 15) is 0 Å². The molecule has 0 radical (unpaired) electrons. The maximum absolute atomic E-state index is 5.46. The fourth-order valence-corrected chi connectivity index (χ4v) is 7.42. The van der Waals surface area contributed by atoms with Gasteiger partial charge in [0.1, 0.15) is 0 Å². The van der Waals surface area contributed by atoms with E-state index in [-0.39, 0.29) is 0 Å². The monoisotopic (exact) mass is 597 g/mol.